The third-order valence-corrected chi connectivity index (χ3v) is 6.76. The Balaban J connectivity index is 1.93. The first-order valence-corrected chi connectivity index (χ1v) is 14.0. The lowest BCUT2D eigenvalue weighted by atomic mass is 9.94. The summed E-state index contributed by atoms with van der Waals surface area (Å²) in [5, 5.41) is 36.3. The smallest absolute Gasteiger partial charge is 0.338 e. The number of hydrogen-bond donors (Lipinski definition) is 5. The normalized spacial score (nSPS) is 21.1. The van der Waals surface area contributed by atoms with Crippen LogP contribution in [0.3, 0.4) is 0 Å². The SMILES string of the molecule is CCCCCc1ccc(C(=O)O[C@@H]2CC[C@H](NC(=O)[C@H](OC)[C@H](O)[C@@H](O)[C@H](O)/C=C/C(C)(C)C)C(=O)NC2)cc1. The molecule has 5 N–H and O–H groups in total. The molecular weight excluding hydrogens is 516 g/mol. The van der Waals surface area contributed by atoms with Gasteiger partial charge in [-0.2, -0.15) is 0 Å². The van der Waals surface area contributed by atoms with Crippen LogP contribution in [0.2, 0.25) is 0 Å². The number of aryl methyl sites for hydroxylation is 1. The largest absolute Gasteiger partial charge is 0.457 e. The number of ether oxygens (including phenoxy) is 2. The molecule has 2 rings (SSSR count). The molecule has 0 spiro atoms. The van der Waals surface area contributed by atoms with Crippen molar-refractivity contribution in [3.05, 3.63) is 47.5 Å². The van der Waals surface area contributed by atoms with E-state index in [0.717, 1.165) is 31.2 Å². The lowest BCUT2D eigenvalue weighted by molar-refractivity contribution is -0.150. The number of carbonyl (C=O) groups excluding carboxylic acids is 3. The highest BCUT2D eigenvalue weighted by atomic mass is 16.5. The second-order valence-electron chi connectivity index (χ2n) is 11.4. The van der Waals surface area contributed by atoms with E-state index >= 15 is 0 Å². The van der Waals surface area contributed by atoms with E-state index < -0.39 is 54.3 Å². The highest BCUT2D eigenvalue weighted by molar-refractivity contribution is 5.91. The Morgan fingerprint density at radius 3 is 2.38 bits per heavy atom. The Morgan fingerprint density at radius 2 is 1.77 bits per heavy atom. The number of carbonyl (C=O) groups is 3. The van der Waals surface area contributed by atoms with E-state index in [0.29, 0.717) is 12.0 Å². The topological polar surface area (TPSA) is 154 Å². The van der Waals surface area contributed by atoms with Crippen LogP contribution in [0.5, 0.6) is 0 Å². The highest BCUT2D eigenvalue weighted by Crippen LogP contribution is 2.18. The number of unbranched alkanes of at least 4 members (excludes halogenated alkanes) is 2. The maximum atomic E-state index is 12.9. The number of methoxy groups -OCH3 is 1. The van der Waals surface area contributed by atoms with Crippen LogP contribution in [-0.4, -0.2) is 83.3 Å². The average molecular weight is 563 g/mol. The van der Waals surface area contributed by atoms with Gasteiger partial charge in [-0.15, -0.1) is 0 Å². The maximum Gasteiger partial charge on any atom is 0.338 e. The van der Waals surface area contributed by atoms with Crippen molar-refractivity contribution in [2.24, 2.45) is 5.41 Å². The Bertz CT molecular complexity index is 988. The second-order valence-corrected chi connectivity index (χ2v) is 11.4. The molecule has 1 heterocycles. The molecule has 1 aromatic rings. The van der Waals surface area contributed by atoms with Crippen LogP contribution in [0.15, 0.2) is 36.4 Å². The molecule has 0 aliphatic carbocycles. The maximum absolute atomic E-state index is 12.9. The standard InChI is InChI=1S/C30H46N2O8/c1-6-7-8-9-19-10-12-20(13-11-19)29(38)40-21-14-15-22(27(36)31-18-21)32-28(37)26(39-5)25(35)24(34)23(33)16-17-30(2,3)4/h10-13,16-17,21-26,33-35H,6-9,14-15,18H2,1-5H3,(H,31,36)(H,32,37)/b17-16+/t21-,22+,23-,24+,25-,26-/m1/s1. The van der Waals surface area contributed by atoms with Crippen LogP contribution in [0.25, 0.3) is 0 Å². The van der Waals surface area contributed by atoms with E-state index in [1.807, 2.05) is 32.9 Å². The van der Waals surface area contributed by atoms with Gasteiger partial charge in [0.1, 0.15) is 30.5 Å². The molecule has 10 heteroatoms. The van der Waals surface area contributed by atoms with Crippen molar-refractivity contribution in [2.75, 3.05) is 13.7 Å². The Morgan fingerprint density at radius 1 is 1.10 bits per heavy atom. The van der Waals surface area contributed by atoms with Gasteiger partial charge in [-0.3, -0.25) is 9.59 Å². The zero-order valence-electron chi connectivity index (χ0n) is 24.3. The molecule has 6 atom stereocenters. The summed E-state index contributed by atoms with van der Waals surface area (Å²) in [6, 6.07) is 6.35. The van der Waals surface area contributed by atoms with Crippen LogP contribution in [0.1, 0.15) is 75.7 Å². The first kappa shape index (κ1) is 33.4. The minimum Gasteiger partial charge on any atom is -0.457 e. The molecule has 0 aromatic heterocycles. The molecule has 1 aliphatic heterocycles. The van der Waals surface area contributed by atoms with E-state index in [2.05, 4.69) is 17.6 Å². The van der Waals surface area contributed by atoms with Gasteiger partial charge < -0.3 is 35.4 Å². The van der Waals surface area contributed by atoms with Crippen molar-refractivity contribution in [3.63, 3.8) is 0 Å². The van der Waals surface area contributed by atoms with Crippen molar-refractivity contribution in [2.45, 2.75) is 103 Å². The summed E-state index contributed by atoms with van der Waals surface area (Å²) in [5.74, 6) is -1.78. The molecule has 10 nitrogen and oxygen atoms in total. The molecule has 0 radical (unpaired) electrons. The minimum absolute atomic E-state index is 0.0907. The molecule has 0 unspecified atom stereocenters. The van der Waals surface area contributed by atoms with Crippen molar-refractivity contribution >= 4 is 17.8 Å². The third kappa shape index (κ3) is 10.6. The minimum atomic E-state index is -1.76. The predicted octanol–water partition coefficient (Wildman–Crippen LogP) is 2.04. The predicted molar refractivity (Wildman–Crippen MR) is 150 cm³/mol. The van der Waals surface area contributed by atoms with Crippen molar-refractivity contribution in [3.8, 4) is 0 Å². The quantitative estimate of drug-likeness (QED) is 0.139. The number of allylic oxidation sites excluding steroid dienone is 1. The van der Waals surface area contributed by atoms with Gasteiger partial charge >= 0.3 is 5.97 Å². The fourth-order valence-corrected chi connectivity index (χ4v) is 4.31. The van der Waals surface area contributed by atoms with Gasteiger partial charge in [0.2, 0.25) is 5.91 Å². The number of rotatable bonds is 13. The Hall–Kier alpha value is -2.79. The molecular formula is C30H46N2O8. The summed E-state index contributed by atoms with van der Waals surface area (Å²) < 4.78 is 10.7. The van der Waals surface area contributed by atoms with Gasteiger partial charge in [0.05, 0.1) is 12.1 Å². The molecule has 224 valence electrons. The zero-order valence-corrected chi connectivity index (χ0v) is 24.3. The van der Waals surface area contributed by atoms with Crippen molar-refractivity contribution in [1.82, 2.24) is 10.6 Å². The van der Waals surface area contributed by atoms with Crippen LogP contribution in [0, 0.1) is 5.41 Å². The molecule has 2 amide bonds. The summed E-state index contributed by atoms with van der Waals surface area (Å²) in [5.41, 5.74) is 1.32. The lowest BCUT2D eigenvalue weighted by Crippen LogP contribution is -2.55. The van der Waals surface area contributed by atoms with Gasteiger partial charge in [-0.1, -0.05) is 64.8 Å². The monoisotopic (exact) mass is 562 g/mol. The molecule has 1 fully saturated rings. The van der Waals surface area contributed by atoms with Crippen molar-refractivity contribution < 1.29 is 39.2 Å². The van der Waals surface area contributed by atoms with E-state index in [4.69, 9.17) is 9.47 Å². The van der Waals surface area contributed by atoms with E-state index in [9.17, 15) is 29.7 Å². The fourth-order valence-electron chi connectivity index (χ4n) is 4.31. The van der Waals surface area contributed by atoms with Crippen molar-refractivity contribution in [1.29, 1.82) is 0 Å². The van der Waals surface area contributed by atoms with Crippen LogP contribution in [-0.2, 0) is 25.5 Å². The summed E-state index contributed by atoms with van der Waals surface area (Å²) in [7, 11) is 1.18. The average Bonchev–Trinajstić information content (AvgIpc) is 3.08. The fraction of sp³-hybridized carbons (Fsp3) is 0.633. The summed E-state index contributed by atoms with van der Waals surface area (Å²) in [6.07, 6.45) is 0.850. The number of aliphatic hydroxyl groups is 3. The van der Waals surface area contributed by atoms with Gasteiger partial charge in [-0.25, -0.2) is 4.79 Å². The third-order valence-electron chi connectivity index (χ3n) is 6.76. The van der Waals surface area contributed by atoms with E-state index in [1.54, 1.807) is 18.2 Å². The van der Waals surface area contributed by atoms with Gasteiger partial charge in [0, 0.05) is 7.11 Å². The molecule has 1 aliphatic rings. The first-order chi connectivity index (χ1) is 18.9. The van der Waals surface area contributed by atoms with Crippen LogP contribution < -0.4 is 10.6 Å². The lowest BCUT2D eigenvalue weighted by Gasteiger charge is -2.28. The summed E-state index contributed by atoms with van der Waals surface area (Å²) in [6.45, 7) is 7.95. The number of amides is 2. The molecule has 0 saturated carbocycles. The highest BCUT2D eigenvalue weighted by Gasteiger charge is 2.37. The number of benzene rings is 1. The zero-order chi connectivity index (χ0) is 29.9. The number of hydrogen-bond acceptors (Lipinski definition) is 8. The Labute approximate surface area is 237 Å². The molecule has 40 heavy (non-hydrogen) atoms. The molecule has 1 aromatic carbocycles. The van der Waals surface area contributed by atoms with Gasteiger partial charge in [0.25, 0.3) is 5.91 Å². The summed E-state index contributed by atoms with van der Waals surface area (Å²) >= 11 is 0. The van der Waals surface area contributed by atoms with E-state index in [-0.39, 0.29) is 18.4 Å². The Kier molecular flexibility index (Phi) is 13.2. The molecule has 1 saturated heterocycles. The number of aliphatic hydroxyl groups excluding tert-OH is 3. The van der Waals surface area contributed by atoms with Gasteiger partial charge in [-0.05, 0) is 48.8 Å². The van der Waals surface area contributed by atoms with Crippen LogP contribution in [0.4, 0.5) is 0 Å². The second kappa shape index (κ2) is 15.9. The number of nitrogens with one attached hydrogen (secondary N) is 2. The van der Waals surface area contributed by atoms with E-state index in [1.165, 1.54) is 13.2 Å². The first-order valence-electron chi connectivity index (χ1n) is 14.0. The van der Waals surface area contributed by atoms with Crippen LogP contribution >= 0.6 is 0 Å². The summed E-state index contributed by atoms with van der Waals surface area (Å²) in [4.78, 5) is 38.2. The van der Waals surface area contributed by atoms with Gasteiger partial charge in [0.15, 0.2) is 6.10 Å². The number of esters is 1. The molecule has 0 bridgehead atoms.